The molecule has 1 aliphatic carbocycles. The highest BCUT2D eigenvalue weighted by atomic mass is 16.5. The average Bonchev–Trinajstić information content (AvgIpc) is 2.64. The lowest BCUT2D eigenvalue weighted by Crippen LogP contribution is -2.51. The summed E-state index contributed by atoms with van der Waals surface area (Å²) in [5.41, 5.74) is 1.95. The fourth-order valence-corrected chi connectivity index (χ4v) is 5.03. The van der Waals surface area contributed by atoms with E-state index in [1.165, 1.54) is 31.2 Å². The molecular formula is C24H36O3. The summed E-state index contributed by atoms with van der Waals surface area (Å²) in [4.78, 5) is 12.1. The number of carbonyl (C=O) groups is 1. The summed E-state index contributed by atoms with van der Waals surface area (Å²) in [5.74, 6) is 1.60. The number of carbonyl (C=O) groups excluding carboxylic acids is 1. The van der Waals surface area contributed by atoms with Crippen molar-refractivity contribution in [2.45, 2.75) is 96.0 Å². The first-order chi connectivity index (χ1) is 12.8. The molecule has 0 aromatic heterocycles. The van der Waals surface area contributed by atoms with Crippen molar-refractivity contribution in [2.75, 3.05) is 6.61 Å². The maximum atomic E-state index is 12.1. The lowest BCUT2D eigenvalue weighted by atomic mass is 9.65. The van der Waals surface area contributed by atoms with Gasteiger partial charge in [0.05, 0.1) is 6.61 Å². The summed E-state index contributed by atoms with van der Waals surface area (Å²) in [6, 6.07) is 6.60. The third-order valence-corrected chi connectivity index (χ3v) is 6.96. The van der Waals surface area contributed by atoms with Gasteiger partial charge >= 0.3 is 0 Å². The van der Waals surface area contributed by atoms with Gasteiger partial charge in [0.15, 0.2) is 0 Å². The molecule has 1 heterocycles. The largest absolute Gasteiger partial charge is 0.485 e. The predicted molar refractivity (Wildman–Crippen MR) is 109 cm³/mol. The van der Waals surface area contributed by atoms with Crippen LogP contribution in [0.2, 0.25) is 0 Å². The Morgan fingerprint density at radius 3 is 2.74 bits per heavy atom. The van der Waals surface area contributed by atoms with E-state index >= 15 is 0 Å². The van der Waals surface area contributed by atoms with E-state index in [1.54, 1.807) is 0 Å². The molecule has 0 radical (unpaired) electrons. The van der Waals surface area contributed by atoms with Gasteiger partial charge in [-0.1, -0.05) is 58.6 Å². The number of hydrogen-bond donors (Lipinski definition) is 1. The van der Waals surface area contributed by atoms with Crippen molar-refractivity contribution in [1.29, 1.82) is 0 Å². The van der Waals surface area contributed by atoms with Gasteiger partial charge in [0.2, 0.25) is 0 Å². The first kappa shape index (κ1) is 20.4. The number of ketones is 1. The van der Waals surface area contributed by atoms with Crippen LogP contribution >= 0.6 is 0 Å². The van der Waals surface area contributed by atoms with Gasteiger partial charge in [-0.3, -0.25) is 4.79 Å². The van der Waals surface area contributed by atoms with Gasteiger partial charge in [0, 0.05) is 24.7 Å². The maximum Gasteiger partial charge on any atom is 0.133 e. The van der Waals surface area contributed by atoms with Crippen molar-refractivity contribution in [3.05, 3.63) is 29.3 Å². The number of aliphatic hydroxyl groups is 1. The second-order valence-corrected chi connectivity index (χ2v) is 9.51. The van der Waals surface area contributed by atoms with Gasteiger partial charge in [-0.05, 0) is 42.4 Å². The summed E-state index contributed by atoms with van der Waals surface area (Å²) < 4.78 is 6.39. The van der Waals surface area contributed by atoms with Crippen LogP contribution in [0.1, 0.15) is 96.1 Å². The normalized spacial score (nSPS) is 27.7. The summed E-state index contributed by atoms with van der Waals surface area (Å²) in [5, 5.41) is 10.1. The molecule has 0 bridgehead atoms. The molecule has 0 spiro atoms. The molecular weight excluding hydrogens is 336 g/mol. The van der Waals surface area contributed by atoms with Crippen molar-refractivity contribution in [1.82, 2.24) is 0 Å². The van der Waals surface area contributed by atoms with Gasteiger partial charge in [-0.25, -0.2) is 0 Å². The highest BCUT2D eigenvalue weighted by molar-refractivity contribution is 5.80. The van der Waals surface area contributed by atoms with Crippen molar-refractivity contribution in [3.63, 3.8) is 0 Å². The fourth-order valence-electron chi connectivity index (χ4n) is 5.03. The second-order valence-electron chi connectivity index (χ2n) is 9.51. The molecule has 3 nitrogen and oxygen atoms in total. The van der Waals surface area contributed by atoms with Crippen LogP contribution in [0.5, 0.6) is 5.75 Å². The van der Waals surface area contributed by atoms with Gasteiger partial charge in [-0.15, -0.1) is 0 Å². The van der Waals surface area contributed by atoms with Crippen LogP contribution in [0.25, 0.3) is 0 Å². The minimum atomic E-state index is -0.595. The summed E-state index contributed by atoms with van der Waals surface area (Å²) in [6.45, 7) is 8.86. The highest BCUT2D eigenvalue weighted by Gasteiger charge is 2.48. The average molecular weight is 373 g/mol. The first-order valence-corrected chi connectivity index (χ1v) is 10.8. The van der Waals surface area contributed by atoms with Crippen LogP contribution in [0.4, 0.5) is 0 Å². The Morgan fingerprint density at radius 1 is 1.26 bits per heavy atom. The molecule has 1 aliphatic heterocycles. The third kappa shape index (κ3) is 4.08. The lowest BCUT2D eigenvalue weighted by molar-refractivity contribution is -0.126. The molecule has 27 heavy (non-hydrogen) atoms. The van der Waals surface area contributed by atoms with Crippen molar-refractivity contribution in [3.8, 4) is 5.75 Å². The van der Waals surface area contributed by atoms with Crippen LogP contribution in [0, 0.1) is 5.92 Å². The first-order valence-electron chi connectivity index (χ1n) is 10.8. The minimum absolute atomic E-state index is 0.00750. The Balaban J connectivity index is 1.87. The van der Waals surface area contributed by atoms with Crippen LogP contribution < -0.4 is 4.74 Å². The molecule has 3 rings (SSSR count). The zero-order chi connectivity index (χ0) is 19.7. The zero-order valence-electron chi connectivity index (χ0n) is 17.5. The van der Waals surface area contributed by atoms with E-state index in [2.05, 4.69) is 39.0 Å². The molecule has 2 aliphatic rings. The number of fused-ring (bicyclic) bond motifs is 3. The zero-order valence-corrected chi connectivity index (χ0v) is 17.5. The van der Waals surface area contributed by atoms with Crippen LogP contribution in [-0.2, 0) is 10.2 Å². The Hall–Kier alpha value is -1.35. The second kappa shape index (κ2) is 7.95. The van der Waals surface area contributed by atoms with E-state index in [-0.39, 0.29) is 23.9 Å². The van der Waals surface area contributed by atoms with Gasteiger partial charge < -0.3 is 9.84 Å². The van der Waals surface area contributed by atoms with Crippen molar-refractivity contribution >= 4 is 5.78 Å². The van der Waals surface area contributed by atoms with E-state index in [0.29, 0.717) is 18.6 Å². The number of Topliss-reactive ketones (excluding diaryl/α,β-unsaturated/α-hetero) is 1. The number of rotatable bonds is 7. The van der Waals surface area contributed by atoms with E-state index < -0.39 is 5.60 Å². The minimum Gasteiger partial charge on any atom is -0.485 e. The molecule has 0 saturated heterocycles. The van der Waals surface area contributed by atoms with E-state index in [1.807, 2.05) is 6.92 Å². The number of benzene rings is 1. The number of aliphatic hydroxyl groups excluding tert-OH is 1. The molecule has 1 N–H and O–H groups in total. The lowest BCUT2D eigenvalue weighted by Gasteiger charge is -2.48. The molecule has 3 heteroatoms. The monoisotopic (exact) mass is 372 g/mol. The molecule has 1 unspecified atom stereocenters. The standard InChI is InChI=1S/C24H36O3/c1-5-6-7-8-13-23(2,3)17-9-11-19-20-15-18(26)10-12-21(20)24(4,16-25)27-22(19)14-17/h9,11,14,20-21,25H,5-8,10,12-13,15-16H2,1-4H3/t20-,21+,24?/m0/s1. The molecule has 1 aromatic rings. The van der Waals surface area contributed by atoms with Crippen molar-refractivity contribution in [2.24, 2.45) is 5.92 Å². The van der Waals surface area contributed by atoms with Crippen LogP contribution in [0.15, 0.2) is 18.2 Å². The predicted octanol–water partition coefficient (Wildman–Crippen LogP) is 5.53. The molecule has 1 saturated carbocycles. The summed E-state index contributed by atoms with van der Waals surface area (Å²) in [7, 11) is 0. The number of hydrogen-bond acceptors (Lipinski definition) is 3. The highest BCUT2D eigenvalue weighted by Crippen LogP contribution is 2.51. The van der Waals surface area contributed by atoms with Crippen LogP contribution in [0.3, 0.4) is 0 Å². The number of unbranched alkanes of at least 4 members (excludes halogenated alkanes) is 3. The summed E-state index contributed by atoms with van der Waals surface area (Å²) in [6.07, 6.45) is 8.25. The van der Waals surface area contributed by atoms with E-state index in [0.717, 1.165) is 24.2 Å². The topological polar surface area (TPSA) is 46.5 Å². The Bertz CT molecular complexity index is 678. The Morgan fingerprint density at radius 2 is 2.04 bits per heavy atom. The Kier molecular flexibility index (Phi) is 6.00. The van der Waals surface area contributed by atoms with Gasteiger partial charge in [0.25, 0.3) is 0 Å². The van der Waals surface area contributed by atoms with Crippen molar-refractivity contribution < 1.29 is 14.6 Å². The van der Waals surface area contributed by atoms with E-state index in [4.69, 9.17) is 4.74 Å². The van der Waals surface area contributed by atoms with Gasteiger partial charge in [0.1, 0.15) is 17.1 Å². The molecule has 150 valence electrons. The molecule has 3 atom stereocenters. The maximum absolute atomic E-state index is 12.1. The third-order valence-electron chi connectivity index (χ3n) is 6.96. The molecule has 1 aromatic carbocycles. The SMILES string of the molecule is CCCCCCC(C)(C)c1ccc2c(c1)OC(C)(CO)[C@@H]1CCC(=O)C[C@@H]21. The van der Waals surface area contributed by atoms with E-state index in [9.17, 15) is 9.90 Å². The number of ether oxygens (including phenoxy) is 1. The fraction of sp³-hybridized carbons (Fsp3) is 0.708. The summed E-state index contributed by atoms with van der Waals surface area (Å²) >= 11 is 0. The van der Waals surface area contributed by atoms with Crippen LogP contribution in [-0.4, -0.2) is 23.1 Å². The quantitative estimate of drug-likeness (QED) is 0.640. The smallest absolute Gasteiger partial charge is 0.133 e. The molecule has 1 fully saturated rings. The Labute approximate surface area is 164 Å². The molecule has 0 amide bonds. The van der Waals surface area contributed by atoms with Gasteiger partial charge in [-0.2, -0.15) is 0 Å².